The second kappa shape index (κ2) is 5.10. The molecule has 0 aromatic heterocycles. The van der Waals surface area contributed by atoms with E-state index in [4.69, 9.17) is 10.5 Å². The first kappa shape index (κ1) is 10.4. The van der Waals surface area contributed by atoms with Gasteiger partial charge < -0.3 is 15.4 Å². The molecule has 0 unspecified atom stereocenters. The van der Waals surface area contributed by atoms with Crippen LogP contribution in [0.5, 0.6) is 0 Å². The SMILES string of the molecule is NCCCC1CN(CCC2COC2)C1. The molecule has 0 aliphatic carbocycles. The van der Waals surface area contributed by atoms with E-state index >= 15 is 0 Å². The van der Waals surface area contributed by atoms with E-state index in [1.165, 1.54) is 38.9 Å². The van der Waals surface area contributed by atoms with Crippen molar-refractivity contribution in [3.8, 4) is 0 Å². The van der Waals surface area contributed by atoms with Crippen LogP contribution < -0.4 is 5.73 Å². The monoisotopic (exact) mass is 198 g/mol. The Morgan fingerprint density at radius 2 is 1.93 bits per heavy atom. The zero-order chi connectivity index (χ0) is 9.80. The van der Waals surface area contributed by atoms with Gasteiger partial charge >= 0.3 is 0 Å². The third kappa shape index (κ3) is 2.69. The third-order valence-electron chi connectivity index (χ3n) is 3.41. The summed E-state index contributed by atoms with van der Waals surface area (Å²) < 4.78 is 5.16. The molecule has 2 fully saturated rings. The molecule has 0 amide bonds. The molecule has 3 heteroatoms. The summed E-state index contributed by atoms with van der Waals surface area (Å²) in [6, 6.07) is 0. The summed E-state index contributed by atoms with van der Waals surface area (Å²) in [6.45, 7) is 6.78. The van der Waals surface area contributed by atoms with Crippen LogP contribution in [-0.4, -0.2) is 44.3 Å². The van der Waals surface area contributed by atoms with E-state index in [2.05, 4.69) is 4.90 Å². The Hall–Kier alpha value is -0.120. The molecule has 0 atom stereocenters. The molecule has 2 aliphatic heterocycles. The molecule has 82 valence electrons. The van der Waals surface area contributed by atoms with Crippen LogP contribution in [0.1, 0.15) is 19.3 Å². The van der Waals surface area contributed by atoms with Gasteiger partial charge in [-0.25, -0.2) is 0 Å². The average molecular weight is 198 g/mol. The smallest absolute Gasteiger partial charge is 0.0516 e. The fourth-order valence-corrected chi connectivity index (χ4v) is 2.26. The molecule has 2 aliphatic rings. The van der Waals surface area contributed by atoms with Crippen LogP contribution in [0.25, 0.3) is 0 Å². The highest BCUT2D eigenvalue weighted by Gasteiger charge is 2.27. The van der Waals surface area contributed by atoms with Gasteiger partial charge in [0, 0.05) is 19.0 Å². The van der Waals surface area contributed by atoms with Crippen molar-refractivity contribution in [1.29, 1.82) is 0 Å². The minimum Gasteiger partial charge on any atom is -0.381 e. The lowest BCUT2D eigenvalue weighted by Crippen LogP contribution is -2.48. The van der Waals surface area contributed by atoms with Gasteiger partial charge in [-0.1, -0.05) is 0 Å². The van der Waals surface area contributed by atoms with Crippen LogP contribution in [0.4, 0.5) is 0 Å². The van der Waals surface area contributed by atoms with Crippen molar-refractivity contribution in [2.24, 2.45) is 17.6 Å². The van der Waals surface area contributed by atoms with Crippen LogP contribution in [-0.2, 0) is 4.74 Å². The second-order valence-corrected chi connectivity index (χ2v) is 4.75. The summed E-state index contributed by atoms with van der Waals surface area (Å²) in [5, 5.41) is 0. The Morgan fingerprint density at radius 1 is 1.14 bits per heavy atom. The van der Waals surface area contributed by atoms with Crippen LogP contribution in [0.15, 0.2) is 0 Å². The number of ether oxygens (including phenoxy) is 1. The lowest BCUT2D eigenvalue weighted by Gasteiger charge is -2.40. The number of hydrogen-bond acceptors (Lipinski definition) is 3. The van der Waals surface area contributed by atoms with E-state index in [9.17, 15) is 0 Å². The highest BCUT2D eigenvalue weighted by molar-refractivity contribution is 4.80. The Balaban J connectivity index is 1.46. The van der Waals surface area contributed by atoms with Crippen LogP contribution in [0.2, 0.25) is 0 Å². The molecule has 0 bridgehead atoms. The largest absolute Gasteiger partial charge is 0.381 e. The standard InChI is InChI=1S/C11H22N2O/c12-4-1-2-10-6-13(7-10)5-3-11-8-14-9-11/h10-11H,1-9,12H2. The Labute approximate surface area is 86.6 Å². The van der Waals surface area contributed by atoms with Gasteiger partial charge in [-0.3, -0.25) is 0 Å². The minimum absolute atomic E-state index is 0.857. The molecule has 3 nitrogen and oxygen atoms in total. The van der Waals surface area contributed by atoms with E-state index in [0.717, 1.165) is 31.6 Å². The molecule has 2 rings (SSSR count). The first-order valence-corrected chi connectivity index (χ1v) is 5.88. The van der Waals surface area contributed by atoms with Crippen molar-refractivity contribution >= 4 is 0 Å². The number of likely N-dealkylation sites (tertiary alicyclic amines) is 1. The molecule has 0 radical (unpaired) electrons. The first-order chi connectivity index (χ1) is 6.88. The predicted molar refractivity (Wildman–Crippen MR) is 57.1 cm³/mol. The molecule has 0 aromatic rings. The molecule has 0 aromatic carbocycles. The van der Waals surface area contributed by atoms with Crippen LogP contribution in [0.3, 0.4) is 0 Å². The van der Waals surface area contributed by atoms with Gasteiger partial charge in [0.2, 0.25) is 0 Å². The average Bonchev–Trinajstić information content (AvgIpc) is 2.04. The van der Waals surface area contributed by atoms with Crippen molar-refractivity contribution in [3.05, 3.63) is 0 Å². The summed E-state index contributed by atoms with van der Waals surface area (Å²) in [5.41, 5.74) is 5.49. The molecule has 2 heterocycles. The first-order valence-electron chi connectivity index (χ1n) is 5.88. The van der Waals surface area contributed by atoms with Gasteiger partial charge in [-0.2, -0.15) is 0 Å². The van der Waals surface area contributed by atoms with Crippen LogP contribution >= 0.6 is 0 Å². The second-order valence-electron chi connectivity index (χ2n) is 4.75. The maximum absolute atomic E-state index is 5.49. The van der Waals surface area contributed by atoms with Gasteiger partial charge in [-0.05, 0) is 38.3 Å². The lowest BCUT2D eigenvalue weighted by atomic mass is 9.93. The van der Waals surface area contributed by atoms with Gasteiger partial charge in [0.15, 0.2) is 0 Å². The maximum atomic E-state index is 5.49. The van der Waals surface area contributed by atoms with E-state index in [1.54, 1.807) is 0 Å². The molecule has 14 heavy (non-hydrogen) atoms. The number of rotatable bonds is 6. The minimum atomic E-state index is 0.857. The number of nitrogens with zero attached hydrogens (tertiary/aromatic N) is 1. The highest BCUT2D eigenvalue weighted by Crippen LogP contribution is 2.22. The van der Waals surface area contributed by atoms with Gasteiger partial charge in [0.05, 0.1) is 13.2 Å². The maximum Gasteiger partial charge on any atom is 0.0516 e. The van der Waals surface area contributed by atoms with E-state index in [1.807, 2.05) is 0 Å². The number of nitrogens with two attached hydrogens (primary N) is 1. The zero-order valence-corrected chi connectivity index (χ0v) is 8.95. The van der Waals surface area contributed by atoms with Crippen molar-refractivity contribution in [1.82, 2.24) is 4.90 Å². The van der Waals surface area contributed by atoms with Crippen molar-refractivity contribution in [2.45, 2.75) is 19.3 Å². The van der Waals surface area contributed by atoms with Gasteiger partial charge in [0.1, 0.15) is 0 Å². The summed E-state index contributed by atoms with van der Waals surface area (Å²) in [5.74, 6) is 1.80. The normalized spacial score (nSPS) is 24.6. The third-order valence-corrected chi connectivity index (χ3v) is 3.41. The fraction of sp³-hybridized carbons (Fsp3) is 1.00. The van der Waals surface area contributed by atoms with E-state index in [-0.39, 0.29) is 0 Å². The highest BCUT2D eigenvalue weighted by atomic mass is 16.5. The Bertz CT molecular complexity index is 165. The Morgan fingerprint density at radius 3 is 2.50 bits per heavy atom. The molecule has 2 saturated heterocycles. The van der Waals surface area contributed by atoms with Crippen molar-refractivity contribution in [2.75, 3.05) is 39.4 Å². The molecule has 0 saturated carbocycles. The van der Waals surface area contributed by atoms with Gasteiger partial charge in [0.25, 0.3) is 0 Å². The van der Waals surface area contributed by atoms with E-state index in [0.29, 0.717) is 0 Å². The molecular formula is C11H22N2O. The summed E-state index contributed by atoms with van der Waals surface area (Å²) in [7, 11) is 0. The molecule has 2 N–H and O–H groups in total. The summed E-state index contributed by atoms with van der Waals surface area (Å²) in [4.78, 5) is 2.57. The fourth-order valence-electron chi connectivity index (χ4n) is 2.26. The summed E-state index contributed by atoms with van der Waals surface area (Å²) in [6.07, 6.45) is 3.87. The van der Waals surface area contributed by atoms with E-state index < -0.39 is 0 Å². The predicted octanol–water partition coefficient (Wildman–Crippen LogP) is 0.694. The van der Waals surface area contributed by atoms with Crippen molar-refractivity contribution in [3.63, 3.8) is 0 Å². The molecular weight excluding hydrogens is 176 g/mol. The van der Waals surface area contributed by atoms with Crippen molar-refractivity contribution < 1.29 is 4.74 Å². The van der Waals surface area contributed by atoms with Crippen LogP contribution in [0, 0.1) is 11.8 Å². The quantitative estimate of drug-likeness (QED) is 0.682. The zero-order valence-electron chi connectivity index (χ0n) is 8.95. The molecule has 0 spiro atoms. The Kier molecular flexibility index (Phi) is 3.79. The number of hydrogen-bond donors (Lipinski definition) is 1. The lowest BCUT2D eigenvalue weighted by molar-refractivity contribution is -0.0438. The summed E-state index contributed by atoms with van der Waals surface area (Å²) >= 11 is 0. The van der Waals surface area contributed by atoms with Gasteiger partial charge in [-0.15, -0.1) is 0 Å². The topological polar surface area (TPSA) is 38.5 Å².